The number of nitrogens with zero attached hydrogens (tertiary/aromatic N) is 6. The summed E-state index contributed by atoms with van der Waals surface area (Å²) < 4.78 is 71.6. The molecule has 0 aliphatic heterocycles. The number of benzene rings is 4. The highest BCUT2D eigenvalue weighted by Gasteiger charge is 2.19. The Hall–Kier alpha value is -6.74. The van der Waals surface area contributed by atoms with Gasteiger partial charge in [0.2, 0.25) is 35.7 Å². The van der Waals surface area contributed by atoms with E-state index in [9.17, 15) is 25.9 Å². The lowest BCUT2D eigenvalue weighted by molar-refractivity contribution is 0.480. The van der Waals surface area contributed by atoms with Crippen LogP contribution in [-0.2, 0) is 20.2 Å². The highest BCUT2D eigenvalue weighted by Crippen LogP contribution is 2.29. The van der Waals surface area contributed by atoms with E-state index in [1.54, 1.807) is 12.1 Å². The van der Waals surface area contributed by atoms with E-state index in [2.05, 4.69) is 75.7 Å². The van der Waals surface area contributed by atoms with Crippen LogP contribution in [0.3, 0.4) is 0 Å². The van der Waals surface area contributed by atoms with Gasteiger partial charge in [-0.15, -0.1) is 0 Å². The number of rotatable bonds is 24. The first-order chi connectivity index (χ1) is 30.9. The van der Waals surface area contributed by atoms with Crippen molar-refractivity contribution in [3.63, 3.8) is 0 Å². The van der Waals surface area contributed by atoms with Crippen molar-refractivity contribution >= 4 is 90.8 Å². The minimum atomic E-state index is -4.82. The van der Waals surface area contributed by atoms with E-state index in [0.717, 1.165) is 62.7 Å². The lowest BCUT2D eigenvalue weighted by atomic mass is 10.1. The Morgan fingerprint density at radius 3 is 1.12 bits per heavy atom. The Labute approximate surface area is 373 Å². The molecule has 4 aromatic carbocycles. The topological polar surface area (TPSA) is 258 Å². The Bertz CT molecular complexity index is 2540. The zero-order chi connectivity index (χ0) is 45.4. The number of hydrogen-bond donors (Lipinski definition) is 8. The molecular formula is C44H52N12O6S2. The van der Waals surface area contributed by atoms with Crippen molar-refractivity contribution in [3.05, 3.63) is 108 Å². The zero-order valence-corrected chi connectivity index (χ0v) is 37.1. The Morgan fingerprint density at radius 1 is 0.438 bits per heavy atom. The smallest absolute Gasteiger partial charge is 0.295 e. The molecule has 64 heavy (non-hydrogen) atoms. The molecule has 0 radical (unpaired) electrons. The van der Waals surface area contributed by atoms with Gasteiger partial charge in [0, 0.05) is 35.8 Å². The van der Waals surface area contributed by atoms with Crippen molar-refractivity contribution in [2.45, 2.75) is 75.0 Å². The number of aromatic nitrogens is 6. The summed E-state index contributed by atoms with van der Waals surface area (Å²) in [6.07, 6.45) is 10.9. The fourth-order valence-corrected chi connectivity index (χ4v) is 7.74. The molecule has 6 aromatic rings. The average molecular weight is 909 g/mol. The molecule has 0 saturated carbocycles. The fraction of sp³-hybridized carbons (Fsp3) is 0.273. The quantitative estimate of drug-likeness (QED) is 0.0160. The lowest BCUT2D eigenvalue weighted by Gasteiger charge is -2.13. The van der Waals surface area contributed by atoms with E-state index in [4.69, 9.17) is 0 Å². The standard InChI is InChI=1S/C44H52N12O6S2/c1-3-5-7-15-27-45-39-51-41(47-33-17-11-9-12-18-33)55-43(53-39)49-35-25-23-31(37(29-35)63(57,58)59)21-22-32-24-26-36(30-38(32)64(60,61)62)50-44-54-40(46-28-16-8-6-4-2)52-42(56-44)48-34-19-13-10-14-20-34/h9-14,17-26,29-30H,3-8,15-16,27-28H2,1-2H3,(H,57,58,59)(H,60,61,62)(H3,45,47,49,51,53,55)(H3,46,48,50,52,54,56). The largest absolute Gasteiger partial charge is 0.354 e. The first-order valence-electron chi connectivity index (χ1n) is 21.0. The number of para-hydroxylation sites is 2. The maximum absolute atomic E-state index is 12.7. The van der Waals surface area contributed by atoms with E-state index in [1.807, 2.05) is 60.7 Å². The van der Waals surface area contributed by atoms with Gasteiger partial charge in [-0.05, 0) is 72.5 Å². The Morgan fingerprint density at radius 2 is 0.781 bits per heavy atom. The molecule has 336 valence electrons. The van der Waals surface area contributed by atoms with E-state index >= 15 is 0 Å². The van der Waals surface area contributed by atoms with Crippen LogP contribution in [0.15, 0.2) is 107 Å². The van der Waals surface area contributed by atoms with Crippen molar-refractivity contribution in [3.8, 4) is 0 Å². The second-order valence-corrected chi connectivity index (χ2v) is 17.4. The highest BCUT2D eigenvalue weighted by molar-refractivity contribution is 7.86. The number of nitrogens with one attached hydrogen (secondary N) is 6. The molecular weight excluding hydrogens is 857 g/mol. The number of anilines is 10. The molecule has 0 bridgehead atoms. The van der Waals surface area contributed by atoms with Crippen molar-refractivity contribution in [2.75, 3.05) is 45.0 Å². The van der Waals surface area contributed by atoms with Crippen LogP contribution < -0.4 is 31.9 Å². The molecule has 0 unspecified atom stereocenters. The van der Waals surface area contributed by atoms with Crippen LogP contribution in [0.2, 0.25) is 0 Å². The summed E-state index contributed by atoms with van der Waals surface area (Å²) in [6.45, 7) is 5.53. The van der Waals surface area contributed by atoms with Crippen molar-refractivity contribution in [1.29, 1.82) is 0 Å². The molecule has 20 heteroatoms. The Kier molecular flexibility index (Phi) is 16.5. The average Bonchev–Trinajstić information content (AvgIpc) is 3.26. The summed E-state index contributed by atoms with van der Waals surface area (Å²) in [5.41, 5.74) is 1.96. The third-order valence-electron chi connectivity index (χ3n) is 9.50. The van der Waals surface area contributed by atoms with Crippen LogP contribution >= 0.6 is 0 Å². The molecule has 0 fully saturated rings. The van der Waals surface area contributed by atoms with Crippen LogP contribution in [0.1, 0.15) is 76.3 Å². The minimum Gasteiger partial charge on any atom is -0.354 e. The minimum absolute atomic E-state index is 0.0198. The van der Waals surface area contributed by atoms with Crippen LogP contribution in [0.25, 0.3) is 12.2 Å². The third-order valence-corrected chi connectivity index (χ3v) is 11.3. The maximum atomic E-state index is 12.7. The number of unbranched alkanes of at least 4 members (excludes halogenated alkanes) is 6. The highest BCUT2D eigenvalue weighted by atomic mass is 32.2. The first kappa shape index (κ1) is 46.8. The van der Waals surface area contributed by atoms with Gasteiger partial charge in [0.25, 0.3) is 20.2 Å². The van der Waals surface area contributed by atoms with Crippen LogP contribution in [0.4, 0.5) is 58.4 Å². The van der Waals surface area contributed by atoms with Gasteiger partial charge in [-0.1, -0.05) is 113 Å². The van der Waals surface area contributed by atoms with E-state index in [-0.39, 0.29) is 46.3 Å². The van der Waals surface area contributed by atoms with Crippen molar-refractivity contribution < 1.29 is 25.9 Å². The van der Waals surface area contributed by atoms with Crippen LogP contribution in [0.5, 0.6) is 0 Å². The Balaban J connectivity index is 1.24. The summed E-state index contributed by atoms with van der Waals surface area (Å²) in [4.78, 5) is 25.9. The van der Waals surface area contributed by atoms with Gasteiger partial charge >= 0.3 is 0 Å². The molecule has 0 spiro atoms. The molecule has 8 N–H and O–H groups in total. The summed E-state index contributed by atoms with van der Waals surface area (Å²) >= 11 is 0. The summed E-state index contributed by atoms with van der Waals surface area (Å²) in [5, 5.41) is 18.7. The molecule has 18 nitrogen and oxygen atoms in total. The van der Waals surface area contributed by atoms with Crippen LogP contribution in [0, 0.1) is 0 Å². The van der Waals surface area contributed by atoms with Gasteiger partial charge < -0.3 is 31.9 Å². The summed E-state index contributed by atoms with van der Waals surface area (Å²) in [5.74, 6) is 1.25. The maximum Gasteiger partial charge on any atom is 0.295 e. The fourth-order valence-electron chi connectivity index (χ4n) is 6.32. The number of hydrogen-bond acceptors (Lipinski definition) is 16. The van der Waals surface area contributed by atoms with Crippen molar-refractivity contribution in [2.24, 2.45) is 0 Å². The van der Waals surface area contributed by atoms with Gasteiger partial charge in [-0.25, -0.2) is 0 Å². The second-order valence-electron chi connectivity index (χ2n) is 14.6. The lowest BCUT2D eigenvalue weighted by Crippen LogP contribution is -2.11. The molecule has 0 saturated heterocycles. The summed E-state index contributed by atoms with van der Waals surface area (Å²) in [7, 11) is -9.65. The first-order valence-corrected chi connectivity index (χ1v) is 23.8. The molecule has 0 aliphatic carbocycles. The summed E-state index contributed by atoms with van der Waals surface area (Å²) in [6, 6.07) is 26.9. The molecule has 0 aliphatic rings. The van der Waals surface area contributed by atoms with E-state index in [1.165, 1.54) is 36.4 Å². The van der Waals surface area contributed by atoms with Gasteiger partial charge in [0.1, 0.15) is 9.79 Å². The molecule has 2 heterocycles. The van der Waals surface area contributed by atoms with E-state index in [0.29, 0.717) is 25.0 Å². The van der Waals surface area contributed by atoms with Crippen LogP contribution in [-0.4, -0.2) is 68.9 Å². The normalized spacial score (nSPS) is 11.6. The molecule has 0 amide bonds. The zero-order valence-electron chi connectivity index (χ0n) is 35.5. The predicted molar refractivity (Wildman–Crippen MR) is 252 cm³/mol. The second kappa shape index (κ2) is 22.6. The predicted octanol–water partition coefficient (Wildman–Crippen LogP) is 9.68. The van der Waals surface area contributed by atoms with E-state index < -0.39 is 30.0 Å². The molecule has 6 rings (SSSR count). The van der Waals surface area contributed by atoms with Gasteiger partial charge in [-0.2, -0.15) is 46.7 Å². The third kappa shape index (κ3) is 14.4. The molecule has 2 aromatic heterocycles. The van der Waals surface area contributed by atoms with Crippen molar-refractivity contribution in [1.82, 2.24) is 29.9 Å². The van der Waals surface area contributed by atoms with Gasteiger partial charge in [0.15, 0.2) is 0 Å². The SMILES string of the molecule is CCCCCCNc1nc(Nc2ccccc2)nc(Nc2ccc(C=Cc3ccc(Nc4nc(NCCCCCC)nc(Nc5ccccc5)n4)cc3S(=O)(=O)O)c(S(=O)(=O)O)c2)n1. The van der Waals surface area contributed by atoms with Gasteiger partial charge in [0.05, 0.1) is 0 Å². The monoisotopic (exact) mass is 908 g/mol. The molecule has 0 atom stereocenters. The van der Waals surface area contributed by atoms with Gasteiger partial charge in [-0.3, -0.25) is 9.11 Å².